The number of nitrogens with one attached hydrogen (secondary N) is 2. The number of hydrogen-bond acceptors (Lipinski definition) is 4. The second kappa shape index (κ2) is 13.7. The molecule has 0 bridgehead atoms. The quantitative estimate of drug-likeness (QED) is 0.227. The summed E-state index contributed by atoms with van der Waals surface area (Å²) in [6.07, 6.45) is 2.16. The highest BCUT2D eigenvalue weighted by Crippen LogP contribution is 2.23. The Bertz CT molecular complexity index is 521. The zero-order valence-electron chi connectivity index (χ0n) is 16.4. The number of guanidine groups is 1. The van der Waals surface area contributed by atoms with Gasteiger partial charge in [-0.3, -0.25) is 9.89 Å². The fraction of sp³-hybridized carbons (Fsp3) is 0.737. The number of rotatable bonds is 10. The molecule has 7 heteroatoms. The Morgan fingerprint density at radius 3 is 3.00 bits per heavy atom. The monoisotopic (exact) mass is 494 g/mol. The van der Waals surface area contributed by atoms with Gasteiger partial charge in [0.15, 0.2) is 5.96 Å². The summed E-state index contributed by atoms with van der Waals surface area (Å²) >= 11 is 1.90. The van der Waals surface area contributed by atoms with Crippen LogP contribution in [0.2, 0.25) is 0 Å². The molecule has 1 aliphatic rings. The molecular weight excluding hydrogens is 459 g/mol. The van der Waals surface area contributed by atoms with Crippen molar-refractivity contribution in [3.05, 3.63) is 21.9 Å². The third-order valence-electron chi connectivity index (χ3n) is 4.12. The fourth-order valence-electron chi connectivity index (χ4n) is 2.85. The van der Waals surface area contributed by atoms with Gasteiger partial charge in [0, 0.05) is 57.4 Å². The predicted octanol–water partition coefficient (Wildman–Crippen LogP) is 3.34. The minimum Gasteiger partial charge on any atom is -0.381 e. The van der Waals surface area contributed by atoms with Gasteiger partial charge in [-0.1, -0.05) is 13.8 Å². The summed E-state index contributed by atoms with van der Waals surface area (Å²) in [7, 11) is 0. The minimum absolute atomic E-state index is 0. The van der Waals surface area contributed by atoms with E-state index in [1.807, 2.05) is 11.3 Å². The van der Waals surface area contributed by atoms with Crippen molar-refractivity contribution in [3.8, 4) is 0 Å². The fourth-order valence-corrected chi connectivity index (χ4v) is 3.74. The molecule has 1 aromatic heterocycles. The van der Waals surface area contributed by atoms with E-state index in [0.717, 1.165) is 64.9 Å². The van der Waals surface area contributed by atoms with Crippen LogP contribution in [0.5, 0.6) is 0 Å². The first kappa shape index (κ1) is 23.7. The lowest BCUT2D eigenvalue weighted by Crippen LogP contribution is -2.42. The Morgan fingerprint density at radius 2 is 2.23 bits per heavy atom. The molecule has 0 spiro atoms. The molecule has 1 aromatic rings. The maximum Gasteiger partial charge on any atom is 0.191 e. The summed E-state index contributed by atoms with van der Waals surface area (Å²) < 4.78 is 5.60. The zero-order chi connectivity index (χ0) is 17.9. The maximum absolute atomic E-state index is 5.60. The van der Waals surface area contributed by atoms with Crippen LogP contribution in [-0.4, -0.2) is 56.8 Å². The Morgan fingerprint density at radius 1 is 1.38 bits per heavy atom. The maximum atomic E-state index is 5.60. The van der Waals surface area contributed by atoms with E-state index in [2.05, 4.69) is 52.7 Å². The highest BCUT2D eigenvalue weighted by molar-refractivity contribution is 14.0. The van der Waals surface area contributed by atoms with Crippen molar-refractivity contribution in [2.75, 3.05) is 45.9 Å². The lowest BCUT2D eigenvalue weighted by molar-refractivity contribution is 0.109. The highest BCUT2D eigenvalue weighted by atomic mass is 127. The number of ether oxygens (including phenoxy) is 1. The molecule has 0 aromatic carbocycles. The van der Waals surface area contributed by atoms with Gasteiger partial charge in [0.25, 0.3) is 0 Å². The smallest absolute Gasteiger partial charge is 0.191 e. The lowest BCUT2D eigenvalue weighted by atomic mass is 10.1. The molecule has 1 aliphatic heterocycles. The minimum atomic E-state index is 0. The normalized spacial score (nSPS) is 14.8. The molecule has 0 saturated carbocycles. The Labute approximate surface area is 180 Å². The van der Waals surface area contributed by atoms with Crippen molar-refractivity contribution in [2.24, 2.45) is 10.9 Å². The molecule has 26 heavy (non-hydrogen) atoms. The average molecular weight is 494 g/mol. The van der Waals surface area contributed by atoms with E-state index < -0.39 is 0 Å². The van der Waals surface area contributed by atoms with E-state index in [0.29, 0.717) is 5.92 Å². The molecule has 0 fully saturated rings. The van der Waals surface area contributed by atoms with Crippen LogP contribution in [0.3, 0.4) is 0 Å². The lowest BCUT2D eigenvalue weighted by Gasteiger charge is -2.27. The summed E-state index contributed by atoms with van der Waals surface area (Å²) in [5.41, 5.74) is 1.51. The summed E-state index contributed by atoms with van der Waals surface area (Å²) in [5, 5.41) is 8.99. The Hall–Kier alpha value is -0.380. The molecule has 0 saturated heterocycles. The largest absolute Gasteiger partial charge is 0.381 e. The van der Waals surface area contributed by atoms with Gasteiger partial charge >= 0.3 is 0 Å². The highest BCUT2D eigenvalue weighted by Gasteiger charge is 2.16. The zero-order valence-corrected chi connectivity index (χ0v) is 19.6. The predicted molar refractivity (Wildman–Crippen MR) is 123 cm³/mol. The summed E-state index contributed by atoms with van der Waals surface area (Å²) in [5.74, 6) is 1.52. The molecule has 0 unspecified atom stereocenters. The summed E-state index contributed by atoms with van der Waals surface area (Å²) in [4.78, 5) is 8.73. The second-order valence-electron chi connectivity index (χ2n) is 6.90. The van der Waals surface area contributed by atoms with Crippen molar-refractivity contribution in [1.82, 2.24) is 15.5 Å². The van der Waals surface area contributed by atoms with Gasteiger partial charge < -0.3 is 15.4 Å². The summed E-state index contributed by atoms with van der Waals surface area (Å²) in [6, 6.07) is 2.27. The van der Waals surface area contributed by atoms with E-state index in [4.69, 9.17) is 4.74 Å². The molecule has 150 valence electrons. The number of nitrogens with zero attached hydrogens (tertiary/aromatic N) is 2. The van der Waals surface area contributed by atoms with Crippen molar-refractivity contribution >= 4 is 41.3 Å². The summed E-state index contributed by atoms with van der Waals surface area (Å²) in [6.45, 7) is 14.0. The van der Waals surface area contributed by atoms with Gasteiger partial charge in [-0.25, -0.2) is 0 Å². The Balaban J connectivity index is 0.00000338. The van der Waals surface area contributed by atoms with E-state index in [9.17, 15) is 0 Å². The topological polar surface area (TPSA) is 48.9 Å². The van der Waals surface area contributed by atoms with E-state index in [-0.39, 0.29) is 24.0 Å². The van der Waals surface area contributed by atoms with Crippen LogP contribution in [0.25, 0.3) is 0 Å². The van der Waals surface area contributed by atoms with Crippen LogP contribution >= 0.6 is 35.3 Å². The molecule has 5 nitrogen and oxygen atoms in total. The molecule has 2 N–H and O–H groups in total. The first-order valence-electron chi connectivity index (χ1n) is 9.56. The van der Waals surface area contributed by atoms with Gasteiger partial charge in [-0.05, 0) is 42.7 Å². The van der Waals surface area contributed by atoms with Gasteiger partial charge in [-0.2, -0.15) is 0 Å². The molecule has 2 heterocycles. The van der Waals surface area contributed by atoms with Crippen molar-refractivity contribution in [3.63, 3.8) is 0 Å². The molecule has 0 radical (unpaired) electrons. The van der Waals surface area contributed by atoms with Crippen molar-refractivity contribution in [2.45, 2.75) is 40.2 Å². The van der Waals surface area contributed by atoms with E-state index >= 15 is 0 Å². The standard InChI is InChI=1S/C19H34N4OS.HI/c1-4-20-19(21-8-5-12-24-15-16(2)3)22-9-11-23-10-6-18-17(14-23)7-13-25-18;/h7,13,16H,4-6,8-12,14-15H2,1-3H3,(H2,20,21,22);1H. The van der Waals surface area contributed by atoms with Gasteiger partial charge in [-0.15, -0.1) is 35.3 Å². The van der Waals surface area contributed by atoms with Crippen LogP contribution in [0, 0.1) is 5.92 Å². The van der Waals surface area contributed by atoms with Gasteiger partial charge in [0.2, 0.25) is 0 Å². The number of halogens is 1. The van der Waals surface area contributed by atoms with Crippen LogP contribution in [0.1, 0.15) is 37.6 Å². The number of hydrogen-bond donors (Lipinski definition) is 2. The first-order chi connectivity index (χ1) is 12.2. The third kappa shape index (κ3) is 9.01. The van der Waals surface area contributed by atoms with E-state index in [1.54, 1.807) is 4.88 Å². The third-order valence-corrected chi connectivity index (χ3v) is 5.14. The van der Waals surface area contributed by atoms with Crippen LogP contribution < -0.4 is 10.6 Å². The molecule has 0 atom stereocenters. The van der Waals surface area contributed by atoms with Gasteiger partial charge in [0.05, 0.1) is 0 Å². The van der Waals surface area contributed by atoms with Crippen LogP contribution in [-0.2, 0) is 17.7 Å². The van der Waals surface area contributed by atoms with Crippen LogP contribution in [0.4, 0.5) is 0 Å². The molecular formula is C19H35IN4OS. The van der Waals surface area contributed by atoms with E-state index in [1.165, 1.54) is 12.0 Å². The molecule has 2 rings (SSSR count). The van der Waals surface area contributed by atoms with Gasteiger partial charge in [0.1, 0.15) is 0 Å². The van der Waals surface area contributed by atoms with Crippen LogP contribution in [0.15, 0.2) is 16.4 Å². The number of thiophene rings is 1. The Kier molecular flexibility index (Phi) is 12.5. The van der Waals surface area contributed by atoms with Crippen molar-refractivity contribution < 1.29 is 4.74 Å². The number of fused-ring (bicyclic) bond motifs is 1. The average Bonchev–Trinajstić information content (AvgIpc) is 3.05. The second-order valence-corrected chi connectivity index (χ2v) is 7.91. The molecule has 0 aliphatic carbocycles. The number of aliphatic imine (C=N–C) groups is 1. The first-order valence-corrected chi connectivity index (χ1v) is 10.4. The SMILES string of the molecule is CCNC(=NCCCOCC(C)C)NCCN1CCc2sccc2C1.I. The van der Waals surface area contributed by atoms with Crippen molar-refractivity contribution in [1.29, 1.82) is 0 Å². The molecule has 0 amide bonds.